The molecule has 0 heteroatoms. The Morgan fingerprint density at radius 2 is 1.74 bits per heavy atom. The van der Waals surface area contributed by atoms with Crippen LogP contribution in [-0.4, -0.2) is 0 Å². The molecule has 4 aliphatic rings. The standard InChI is InChI=1S/C19H30/c1-13-5-4-6-14-10-15-7-2-3-8-16-12-17(9-13)19(16)18(15)11-14/h5,14-19H,2-4,6-12H2,1H3/b13-5+. The Labute approximate surface area is 119 Å². The monoisotopic (exact) mass is 258 g/mol. The fraction of sp³-hybridized carbons (Fsp3) is 0.895. The molecule has 0 nitrogen and oxygen atoms in total. The minimum atomic E-state index is 1.07. The summed E-state index contributed by atoms with van der Waals surface area (Å²) in [6.45, 7) is 2.40. The van der Waals surface area contributed by atoms with Crippen LogP contribution in [0.2, 0.25) is 0 Å². The van der Waals surface area contributed by atoms with E-state index in [2.05, 4.69) is 13.0 Å². The van der Waals surface area contributed by atoms with Crippen molar-refractivity contribution in [1.29, 1.82) is 0 Å². The molecular formula is C19H30. The average molecular weight is 258 g/mol. The molecule has 106 valence electrons. The largest absolute Gasteiger partial charge is 0.0856 e. The van der Waals surface area contributed by atoms with Gasteiger partial charge in [-0.2, -0.15) is 0 Å². The zero-order valence-electron chi connectivity index (χ0n) is 12.6. The average Bonchev–Trinajstić information content (AvgIpc) is 2.70. The molecule has 6 atom stereocenters. The summed E-state index contributed by atoms with van der Waals surface area (Å²) in [6, 6.07) is 0. The normalized spacial score (nSPS) is 52.4. The molecule has 3 fully saturated rings. The fourth-order valence-electron chi connectivity index (χ4n) is 6.31. The van der Waals surface area contributed by atoms with Gasteiger partial charge in [-0.1, -0.05) is 37.3 Å². The summed E-state index contributed by atoms with van der Waals surface area (Å²) in [5, 5.41) is 0. The van der Waals surface area contributed by atoms with Crippen LogP contribution in [0.15, 0.2) is 11.6 Å². The van der Waals surface area contributed by atoms with Gasteiger partial charge < -0.3 is 0 Å². The molecule has 4 rings (SSSR count). The van der Waals surface area contributed by atoms with E-state index in [4.69, 9.17) is 0 Å². The highest BCUT2D eigenvalue weighted by Crippen LogP contribution is 2.59. The van der Waals surface area contributed by atoms with Gasteiger partial charge in [-0.25, -0.2) is 0 Å². The SMILES string of the molecule is C/C1=C\CCC2CC3CCCCC4CC(C1)C4C3C2. The first-order chi connectivity index (χ1) is 9.31. The van der Waals surface area contributed by atoms with Gasteiger partial charge in [0, 0.05) is 0 Å². The summed E-state index contributed by atoms with van der Waals surface area (Å²) < 4.78 is 0. The third-order valence-corrected chi connectivity index (χ3v) is 7.09. The summed E-state index contributed by atoms with van der Waals surface area (Å²) in [5.41, 5.74) is 1.71. The van der Waals surface area contributed by atoms with Crippen molar-refractivity contribution in [3.05, 3.63) is 11.6 Å². The third kappa shape index (κ3) is 2.20. The summed E-state index contributed by atoms with van der Waals surface area (Å²) in [6.07, 6.45) is 17.9. The van der Waals surface area contributed by atoms with E-state index in [1.54, 1.807) is 44.1 Å². The minimum absolute atomic E-state index is 1.07. The lowest BCUT2D eigenvalue weighted by atomic mass is 9.54. The Balaban J connectivity index is 1.62. The Bertz CT molecular complexity index is 366. The van der Waals surface area contributed by atoms with E-state index >= 15 is 0 Å². The van der Waals surface area contributed by atoms with Crippen LogP contribution < -0.4 is 0 Å². The molecule has 3 saturated carbocycles. The number of hydrogen-bond donors (Lipinski definition) is 0. The second-order valence-electron chi connectivity index (χ2n) is 8.21. The first kappa shape index (κ1) is 12.5. The van der Waals surface area contributed by atoms with Gasteiger partial charge in [0.05, 0.1) is 0 Å². The quantitative estimate of drug-likeness (QED) is 0.497. The lowest BCUT2D eigenvalue weighted by Crippen LogP contribution is -2.44. The van der Waals surface area contributed by atoms with Crippen LogP contribution in [0.5, 0.6) is 0 Å². The summed E-state index contributed by atoms with van der Waals surface area (Å²) >= 11 is 0. The maximum atomic E-state index is 2.58. The fourth-order valence-corrected chi connectivity index (χ4v) is 6.31. The van der Waals surface area contributed by atoms with Gasteiger partial charge in [0.15, 0.2) is 0 Å². The van der Waals surface area contributed by atoms with Crippen molar-refractivity contribution in [2.24, 2.45) is 35.5 Å². The molecule has 19 heavy (non-hydrogen) atoms. The van der Waals surface area contributed by atoms with Crippen molar-refractivity contribution in [2.75, 3.05) is 0 Å². The Morgan fingerprint density at radius 1 is 0.895 bits per heavy atom. The van der Waals surface area contributed by atoms with Crippen molar-refractivity contribution >= 4 is 0 Å². The molecule has 0 spiro atoms. The van der Waals surface area contributed by atoms with E-state index in [-0.39, 0.29) is 0 Å². The number of rotatable bonds is 0. The van der Waals surface area contributed by atoms with Gasteiger partial charge in [0.25, 0.3) is 0 Å². The minimum Gasteiger partial charge on any atom is -0.0856 e. The molecule has 0 aromatic rings. The van der Waals surface area contributed by atoms with Crippen molar-refractivity contribution in [3.8, 4) is 0 Å². The van der Waals surface area contributed by atoms with E-state index < -0.39 is 0 Å². The molecular weight excluding hydrogens is 228 g/mol. The lowest BCUT2D eigenvalue weighted by Gasteiger charge is -2.51. The molecule has 2 bridgehead atoms. The van der Waals surface area contributed by atoms with Gasteiger partial charge >= 0.3 is 0 Å². The predicted molar refractivity (Wildman–Crippen MR) is 80.9 cm³/mol. The molecule has 0 aliphatic heterocycles. The second-order valence-corrected chi connectivity index (χ2v) is 8.21. The predicted octanol–water partition coefficient (Wildman–Crippen LogP) is 5.59. The van der Waals surface area contributed by atoms with Crippen molar-refractivity contribution in [1.82, 2.24) is 0 Å². The zero-order chi connectivity index (χ0) is 12.8. The van der Waals surface area contributed by atoms with E-state index in [1.807, 2.05) is 0 Å². The van der Waals surface area contributed by atoms with Crippen LogP contribution in [0.1, 0.15) is 71.1 Å². The maximum Gasteiger partial charge on any atom is -0.0292 e. The van der Waals surface area contributed by atoms with Crippen molar-refractivity contribution < 1.29 is 0 Å². The van der Waals surface area contributed by atoms with Gasteiger partial charge in [-0.15, -0.1) is 0 Å². The highest BCUT2D eigenvalue weighted by atomic mass is 14.5. The first-order valence-corrected chi connectivity index (χ1v) is 8.97. The highest BCUT2D eigenvalue weighted by molar-refractivity contribution is 5.08. The zero-order valence-corrected chi connectivity index (χ0v) is 12.6. The molecule has 0 heterocycles. The third-order valence-electron chi connectivity index (χ3n) is 7.09. The summed E-state index contributed by atoms with van der Waals surface area (Å²) in [7, 11) is 0. The number of fused-ring (bicyclic) bond motifs is 1. The number of hydrogen-bond acceptors (Lipinski definition) is 0. The second kappa shape index (κ2) is 4.93. The molecule has 0 amide bonds. The van der Waals surface area contributed by atoms with Gasteiger partial charge in [0.1, 0.15) is 0 Å². The maximum absolute atomic E-state index is 2.58. The van der Waals surface area contributed by atoms with Gasteiger partial charge in [0.2, 0.25) is 0 Å². The van der Waals surface area contributed by atoms with Gasteiger partial charge in [-0.05, 0) is 81.0 Å². The van der Waals surface area contributed by atoms with E-state index in [1.165, 1.54) is 25.7 Å². The summed E-state index contributed by atoms with van der Waals surface area (Å²) in [4.78, 5) is 0. The molecule has 0 radical (unpaired) electrons. The van der Waals surface area contributed by atoms with Crippen molar-refractivity contribution in [3.63, 3.8) is 0 Å². The van der Waals surface area contributed by atoms with Crippen LogP contribution in [0.3, 0.4) is 0 Å². The van der Waals surface area contributed by atoms with Crippen LogP contribution >= 0.6 is 0 Å². The van der Waals surface area contributed by atoms with E-state index in [0.29, 0.717) is 0 Å². The molecule has 0 N–H and O–H groups in total. The van der Waals surface area contributed by atoms with Crippen LogP contribution in [0.4, 0.5) is 0 Å². The first-order valence-electron chi connectivity index (χ1n) is 8.97. The highest BCUT2D eigenvalue weighted by Gasteiger charge is 2.50. The Kier molecular flexibility index (Phi) is 3.24. The van der Waals surface area contributed by atoms with Crippen LogP contribution in [-0.2, 0) is 0 Å². The Hall–Kier alpha value is -0.260. The van der Waals surface area contributed by atoms with Crippen LogP contribution in [0.25, 0.3) is 0 Å². The molecule has 0 aromatic heterocycles. The number of allylic oxidation sites excluding steroid dienone is 2. The van der Waals surface area contributed by atoms with Gasteiger partial charge in [-0.3, -0.25) is 0 Å². The van der Waals surface area contributed by atoms with Crippen molar-refractivity contribution in [2.45, 2.75) is 71.1 Å². The van der Waals surface area contributed by atoms with E-state index in [0.717, 1.165) is 35.5 Å². The Morgan fingerprint density at radius 3 is 2.63 bits per heavy atom. The topological polar surface area (TPSA) is 0 Å². The van der Waals surface area contributed by atoms with E-state index in [9.17, 15) is 0 Å². The lowest BCUT2D eigenvalue weighted by molar-refractivity contribution is -0.0148. The van der Waals surface area contributed by atoms with Crippen LogP contribution in [0, 0.1) is 35.5 Å². The molecule has 0 aromatic carbocycles. The summed E-state index contributed by atoms with van der Waals surface area (Å²) in [5.74, 6) is 6.68. The smallest absolute Gasteiger partial charge is 0.0292 e. The molecule has 0 saturated heterocycles. The molecule has 4 aliphatic carbocycles. The molecule has 6 unspecified atom stereocenters.